The number of methoxy groups -OCH3 is 1. The lowest BCUT2D eigenvalue weighted by molar-refractivity contribution is 0.379. The lowest BCUT2D eigenvalue weighted by Crippen LogP contribution is -2.14. The number of nitrogens with one attached hydrogen (secondary N) is 2. The van der Waals surface area contributed by atoms with Crippen LogP contribution in [0.2, 0.25) is 0 Å². The maximum atomic E-state index is 5.07. The van der Waals surface area contributed by atoms with Crippen LogP contribution in [0.3, 0.4) is 0 Å². The zero-order valence-corrected chi connectivity index (χ0v) is 11.7. The van der Waals surface area contributed by atoms with Gasteiger partial charge in [0, 0.05) is 25.5 Å². The van der Waals surface area contributed by atoms with Crippen molar-refractivity contribution >= 4 is 11.9 Å². The second-order valence-electron chi connectivity index (χ2n) is 4.09. The highest BCUT2D eigenvalue weighted by atomic mass is 16.5. The van der Waals surface area contributed by atoms with Gasteiger partial charge >= 0.3 is 6.01 Å². The molecular formula is C12H19N7O. The van der Waals surface area contributed by atoms with Crippen LogP contribution < -0.4 is 15.4 Å². The Labute approximate surface area is 117 Å². The summed E-state index contributed by atoms with van der Waals surface area (Å²) in [7, 11) is 1.53. The molecule has 0 saturated carbocycles. The van der Waals surface area contributed by atoms with E-state index in [1.165, 1.54) is 7.11 Å². The average Bonchev–Trinajstić information content (AvgIpc) is 2.98. The summed E-state index contributed by atoms with van der Waals surface area (Å²) in [5.41, 5.74) is 0. The van der Waals surface area contributed by atoms with Crippen LogP contribution in [0.25, 0.3) is 0 Å². The number of nitrogens with zero attached hydrogens (tertiary/aromatic N) is 5. The molecule has 0 radical (unpaired) electrons. The van der Waals surface area contributed by atoms with Crippen LogP contribution in [-0.4, -0.2) is 44.9 Å². The van der Waals surface area contributed by atoms with Gasteiger partial charge in [0.2, 0.25) is 11.9 Å². The Kier molecular flexibility index (Phi) is 5.10. The minimum Gasteiger partial charge on any atom is -0.467 e. The SMILES string of the molecule is CCCNc1nc(NCCn2cccn2)nc(OC)n1. The van der Waals surface area contributed by atoms with Gasteiger partial charge in [-0.1, -0.05) is 6.92 Å². The van der Waals surface area contributed by atoms with E-state index in [-0.39, 0.29) is 0 Å². The summed E-state index contributed by atoms with van der Waals surface area (Å²) in [6, 6.07) is 2.18. The summed E-state index contributed by atoms with van der Waals surface area (Å²) in [6.45, 7) is 4.29. The van der Waals surface area contributed by atoms with E-state index in [1.807, 2.05) is 16.9 Å². The van der Waals surface area contributed by atoms with Crippen molar-refractivity contribution in [3.05, 3.63) is 18.5 Å². The monoisotopic (exact) mass is 277 g/mol. The first kappa shape index (κ1) is 14.0. The summed E-state index contributed by atoms with van der Waals surface area (Å²) in [5, 5.41) is 10.4. The molecule has 0 bridgehead atoms. The molecule has 0 aliphatic carbocycles. The standard InChI is InChI=1S/C12H19N7O/c1-3-5-13-10-16-11(18-12(17-10)20-2)14-7-9-19-8-4-6-15-19/h4,6,8H,3,5,7,9H2,1-2H3,(H2,13,14,16,17,18). The number of hydrogen-bond acceptors (Lipinski definition) is 7. The van der Waals surface area contributed by atoms with E-state index in [0.29, 0.717) is 24.5 Å². The average molecular weight is 277 g/mol. The molecule has 0 spiro atoms. The van der Waals surface area contributed by atoms with E-state index in [4.69, 9.17) is 4.74 Å². The van der Waals surface area contributed by atoms with Gasteiger partial charge in [0.15, 0.2) is 0 Å². The molecule has 0 atom stereocenters. The molecule has 0 unspecified atom stereocenters. The Bertz CT molecular complexity index is 515. The lowest BCUT2D eigenvalue weighted by Gasteiger charge is -2.09. The summed E-state index contributed by atoms with van der Waals surface area (Å²) < 4.78 is 6.90. The van der Waals surface area contributed by atoms with Crippen LogP contribution in [0, 0.1) is 0 Å². The Hall–Kier alpha value is -2.38. The molecular weight excluding hydrogens is 258 g/mol. The largest absolute Gasteiger partial charge is 0.467 e. The highest BCUT2D eigenvalue weighted by Gasteiger charge is 2.05. The van der Waals surface area contributed by atoms with Crippen molar-refractivity contribution in [3.8, 4) is 6.01 Å². The summed E-state index contributed by atoms with van der Waals surface area (Å²) in [5.74, 6) is 1.00. The maximum absolute atomic E-state index is 5.07. The van der Waals surface area contributed by atoms with Crippen LogP contribution in [0.1, 0.15) is 13.3 Å². The molecule has 0 fully saturated rings. The summed E-state index contributed by atoms with van der Waals surface area (Å²) in [4.78, 5) is 12.6. The molecule has 0 aromatic carbocycles. The Morgan fingerprint density at radius 1 is 1.15 bits per heavy atom. The molecule has 2 aromatic rings. The predicted octanol–water partition coefficient (Wildman–Crippen LogP) is 1.01. The molecule has 2 aromatic heterocycles. The van der Waals surface area contributed by atoms with Crippen LogP contribution in [-0.2, 0) is 6.54 Å². The number of rotatable bonds is 8. The van der Waals surface area contributed by atoms with Crippen molar-refractivity contribution in [1.29, 1.82) is 0 Å². The second-order valence-corrected chi connectivity index (χ2v) is 4.09. The number of anilines is 2. The van der Waals surface area contributed by atoms with Gasteiger partial charge in [-0.3, -0.25) is 4.68 Å². The van der Waals surface area contributed by atoms with Crippen LogP contribution >= 0.6 is 0 Å². The highest BCUT2D eigenvalue weighted by molar-refractivity contribution is 5.35. The molecule has 0 amide bonds. The molecule has 2 heterocycles. The van der Waals surface area contributed by atoms with E-state index in [1.54, 1.807) is 6.20 Å². The van der Waals surface area contributed by atoms with E-state index < -0.39 is 0 Å². The summed E-state index contributed by atoms with van der Waals surface area (Å²) in [6.07, 6.45) is 4.65. The fourth-order valence-corrected chi connectivity index (χ4v) is 1.56. The second kappa shape index (κ2) is 7.27. The third-order valence-electron chi connectivity index (χ3n) is 2.51. The van der Waals surface area contributed by atoms with E-state index in [9.17, 15) is 0 Å². The molecule has 2 rings (SSSR count). The van der Waals surface area contributed by atoms with Crippen molar-refractivity contribution in [2.75, 3.05) is 30.8 Å². The van der Waals surface area contributed by atoms with Gasteiger partial charge in [-0.2, -0.15) is 20.1 Å². The Morgan fingerprint density at radius 2 is 1.90 bits per heavy atom. The van der Waals surface area contributed by atoms with Gasteiger partial charge in [-0.25, -0.2) is 0 Å². The topological polar surface area (TPSA) is 89.8 Å². The number of hydrogen-bond donors (Lipinski definition) is 2. The first-order valence-corrected chi connectivity index (χ1v) is 6.57. The van der Waals surface area contributed by atoms with Gasteiger partial charge in [-0.15, -0.1) is 0 Å². The van der Waals surface area contributed by atoms with E-state index in [0.717, 1.165) is 19.5 Å². The molecule has 108 valence electrons. The van der Waals surface area contributed by atoms with Crippen LogP contribution in [0.5, 0.6) is 6.01 Å². The van der Waals surface area contributed by atoms with Crippen molar-refractivity contribution in [2.45, 2.75) is 19.9 Å². The Morgan fingerprint density at radius 3 is 2.50 bits per heavy atom. The van der Waals surface area contributed by atoms with E-state index >= 15 is 0 Å². The smallest absolute Gasteiger partial charge is 0.322 e. The minimum absolute atomic E-state index is 0.292. The van der Waals surface area contributed by atoms with Gasteiger partial charge in [-0.05, 0) is 12.5 Å². The fourth-order valence-electron chi connectivity index (χ4n) is 1.56. The van der Waals surface area contributed by atoms with Gasteiger partial charge < -0.3 is 15.4 Å². The number of ether oxygens (including phenoxy) is 1. The zero-order valence-electron chi connectivity index (χ0n) is 11.7. The minimum atomic E-state index is 0.292. The van der Waals surface area contributed by atoms with Crippen molar-refractivity contribution < 1.29 is 4.74 Å². The van der Waals surface area contributed by atoms with Crippen molar-refractivity contribution in [1.82, 2.24) is 24.7 Å². The lowest BCUT2D eigenvalue weighted by atomic mass is 10.5. The van der Waals surface area contributed by atoms with Gasteiger partial charge in [0.05, 0.1) is 13.7 Å². The first-order valence-electron chi connectivity index (χ1n) is 6.57. The zero-order chi connectivity index (χ0) is 14.2. The van der Waals surface area contributed by atoms with Gasteiger partial charge in [0.25, 0.3) is 0 Å². The van der Waals surface area contributed by atoms with Crippen molar-refractivity contribution in [2.24, 2.45) is 0 Å². The maximum Gasteiger partial charge on any atom is 0.322 e. The molecule has 2 N–H and O–H groups in total. The molecule has 8 heteroatoms. The highest BCUT2D eigenvalue weighted by Crippen LogP contribution is 2.10. The van der Waals surface area contributed by atoms with Crippen molar-refractivity contribution in [3.63, 3.8) is 0 Å². The Balaban J connectivity index is 1.94. The van der Waals surface area contributed by atoms with Crippen LogP contribution in [0.15, 0.2) is 18.5 Å². The number of aromatic nitrogens is 5. The molecule has 20 heavy (non-hydrogen) atoms. The first-order chi connectivity index (χ1) is 9.81. The van der Waals surface area contributed by atoms with Gasteiger partial charge in [0.1, 0.15) is 0 Å². The quantitative estimate of drug-likeness (QED) is 0.744. The molecule has 0 aliphatic heterocycles. The van der Waals surface area contributed by atoms with Crippen LogP contribution in [0.4, 0.5) is 11.9 Å². The molecule has 8 nitrogen and oxygen atoms in total. The predicted molar refractivity (Wildman–Crippen MR) is 75.9 cm³/mol. The van der Waals surface area contributed by atoms with E-state index in [2.05, 4.69) is 37.6 Å². The fraction of sp³-hybridized carbons (Fsp3) is 0.500. The molecule has 0 aliphatic rings. The normalized spacial score (nSPS) is 10.3. The molecule has 0 saturated heterocycles. The third-order valence-corrected chi connectivity index (χ3v) is 2.51. The third kappa shape index (κ3) is 4.08. The summed E-state index contributed by atoms with van der Waals surface area (Å²) >= 11 is 0.